The molecule has 1 aliphatic heterocycles. The summed E-state index contributed by atoms with van der Waals surface area (Å²) in [7, 11) is 2.13. The third-order valence-corrected chi connectivity index (χ3v) is 2.96. The van der Waals surface area contributed by atoms with Crippen LogP contribution in [0.1, 0.15) is 24.4 Å². The first kappa shape index (κ1) is 9.68. The molecule has 2 heterocycles. The summed E-state index contributed by atoms with van der Waals surface area (Å²) < 4.78 is 2.07. The van der Waals surface area contributed by atoms with Crippen molar-refractivity contribution in [2.75, 3.05) is 26.7 Å². The van der Waals surface area contributed by atoms with Gasteiger partial charge in [-0.3, -0.25) is 4.68 Å². The second kappa shape index (κ2) is 3.71. The molecule has 1 unspecified atom stereocenters. The lowest BCUT2D eigenvalue weighted by Gasteiger charge is -2.36. The molecule has 1 aromatic rings. The maximum Gasteiger partial charge on any atom is 0.0772 e. The van der Waals surface area contributed by atoms with Crippen molar-refractivity contribution in [1.82, 2.24) is 14.7 Å². The Hall–Kier alpha value is -0.870. The van der Waals surface area contributed by atoms with Crippen LogP contribution in [-0.4, -0.2) is 41.4 Å². The molecule has 14 heavy (non-hydrogen) atoms. The lowest BCUT2D eigenvalue weighted by Crippen LogP contribution is -2.45. The zero-order chi connectivity index (χ0) is 10.1. The molecule has 2 rings (SSSR count). The number of aromatic nitrogens is 2. The van der Waals surface area contributed by atoms with E-state index >= 15 is 0 Å². The smallest absolute Gasteiger partial charge is 0.0772 e. The Bertz CT molecular complexity index is 301. The van der Waals surface area contributed by atoms with Gasteiger partial charge in [0.05, 0.1) is 12.2 Å². The van der Waals surface area contributed by atoms with E-state index in [2.05, 4.69) is 34.8 Å². The summed E-state index contributed by atoms with van der Waals surface area (Å²) in [5.74, 6) is 0.418. The SMILES string of the molecule is CC(CN)c1cnn(C2CN(C)C2)c1. The fourth-order valence-electron chi connectivity index (χ4n) is 1.78. The molecule has 0 bridgehead atoms. The molecule has 78 valence electrons. The minimum atomic E-state index is 0.418. The molecule has 0 radical (unpaired) electrons. The average molecular weight is 194 g/mol. The van der Waals surface area contributed by atoms with Crippen molar-refractivity contribution in [2.45, 2.75) is 18.9 Å². The second-order valence-corrected chi connectivity index (χ2v) is 4.27. The number of likely N-dealkylation sites (tertiary alicyclic amines) is 1. The lowest BCUT2D eigenvalue weighted by molar-refractivity contribution is 0.130. The molecule has 4 nitrogen and oxygen atoms in total. The van der Waals surface area contributed by atoms with Crippen molar-refractivity contribution in [3.63, 3.8) is 0 Å². The van der Waals surface area contributed by atoms with E-state index in [9.17, 15) is 0 Å². The molecule has 2 N–H and O–H groups in total. The van der Waals surface area contributed by atoms with Crippen LogP contribution in [0, 0.1) is 0 Å². The summed E-state index contributed by atoms with van der Waals surface area (Å²) in [4.78, 5) is 2.29. The molecule has 4 heteroatoms. The van der Waals surface area contributed by atoms with E-state index in [1.54, 1.807) is 0 Å². The summed E-state index contributed by atoms with van der Waals surface area (Å²) in [5.41, 5.74) is 6.86. The highest BCUT2D eigenvalue weighted by atomic mass is 15.4. The molecule has 1 aromatic heterocycles. The van der Waals surface area contributed by atoms with Crippen LogP contribution in [0.25, 0.3) is 0 Å². The quantitative estimate of drug-likeness (QED) is 0.759. The summed E-state index contributed by atoms with van der Waals surface area (Å²) in [6.07, 6.45) is 4.07. The van der Waals surface area contributed by atoms with Crippen LogP contribution in [0.3, 0.4) is 0 Å². The standard InChI is InChI=1S/C10H18N4/c1-8(3-11)9-4-12-14(5-9)10-6-13(2)7-10/h4-5,8,10H,3,6-7,11H2,1-2H3. The van der Waals surface area contributed by atoms with E-state index in [1.165, 1.54) is 5.56 Å². The topological polar surface area (TPSA) is 47.1 Å². The highest BCUT2D eigenvalue weighted by Crippen LogP contribution is 2.20. The molecule has 0 aromatic carbocycles. The Labute approximate surface area is 84.7 Å². The van der Waals surface area contributed by atoms with E-state index in [1.807, 2.05) is 6.20 Å². The van der Waals surface area contributed by atoms with Gasteiger partial charge in [0.25, 0.3) is 0 Å². The largest absolute Gasteiger partial charge is 0.330 e. The molecule has 1 aliphatic rings. The van der Waals surface area contributed by atoms with Gasteiger partial charge in [-0.25, -0.2) is 0 Å². The van der Waals surface area contributed by atoms with Gasteiger partial charge in [0, 0.05) is 19.3 Å². The van der Waals surface area contributed by atoms with Crippen molar-refractivity contribution >= 4 is 0 Å². The van der Waals surface area contributed by atoms with E-state index in [-0.39, 0.29) is 0 Å². The molecule has 1 saturated heterocycles. The van der Waals surface area contributed by atoms with Gasteiger partial charge in [0.2, 0.25) is 0 Å². The molecule has 0 saturated carbocycles. The van der Waals surface area contributed by atoms with Crippen LogP contribution in [0.2, 0.25) is 0 Å². The highest BCUT2D eigenvalue weighted by Gasteiger charge is 2.25. The second-order valence-electron chi connectivity index (χ2n) is 4.27. The van der Waals surface area contributed by atoms with E-state index in [0.717, 1.165) is 13.1 Å². The van der Waals surface area contributed by atoms with Crippen molar-refractivity contribution < 1.29 is 0 Å². The highest BCUT2D eigenvalue weighted by molar-refractivity contribution is 5.11. The molecule has 0 aliphatic carbocycles. The van der Waals surface area contributed by atoms with Gasteiger partial charge < -0.3 is 10.6 Å². The summed E-state index contributed by atoms with van der Waals surface area (Å²) in [5, 5.41) is 4.38. The van der Waals surface area contributed by atoms with Crippen molar-refractivity contribution in [3.05, 3.63) is 18.0 Å². The minimum Gasteiger partial charge on any atom is -0.330 e. The maximum atomic E-state index is 5.61. The van der Waals surface area contributed by atoms with E-state index < -0.39 is 0 Å². The number of nitrogens with two attached hydrogens (primary N) is 1. The Morgan fingerprint density at radius 3 is 2.93 bits per heavy atom. The van der Waals surface area contributed by atoms with Gasteiger partial charge in [-0.05, 0) is 25.1 Å². The van der Waals surface area contributed by atoms with Gasteiger partial charge in [0.15, 0.2) is 0 Å². The van der Waals surface area contributed by atoms with Gasteiger partial charge >= 0.3 is 0 Å². The van der Waals surface area contributed by atoms with Crippen molar-refractivity contribution in [1.29, 1.82) is 0 Å². The van der Waals surface area contributed by atoms with E-state index in [0.29, 0.717) is 18.5 Å². The Balaban J connectivity index is 2.03. The maximum absolute atomic E-state index is 5.61. The number of hydrogen-bond acceptors (Lipinski definition) is 3. The van der Waals surface area contributed by atoms with Gasteiger partial charge in [-0.1, -0.05) is 6.92 Å². The number of likely N-dealkylation sites (N-methyl/N-ethyl adjacent to an activating group) is 1. The number of rotatable bonds is 3. The third-order valence-electron chi connectivity index (χ3n) is 2.96. The predicted octanol–water partition coefficient (Wildman–Crippen LogP) is 0.432. The van der Waals surface area contributed by atoms with Crippen molar-refractivity contribution in [3.8, 4) is 0 Å². The molecular weight excluding hydrogens is 176 g/mol. The Morgan fingerprint density at radius 1 is 1.64 bits per heavy atom. The minimum absolute atomic E-state index is 0.418. The fourth-order valence-corrected chi connectivity index (χ4v) is 1.78. The summed E-state index contributed by atoms with van der Waals surface area (Å²) >= 11 is 0. The van der Waals surface area contributed by atoms with Crippen LogP contribution in [0.15, 0.2) is 12.4 Å². The number of hydrogen-bond donors (Lipinski definition) is 1. The van der Waals surface area contributed by atoms with Crippen LogP contribution in [0.4, 0.5) is 0 Å². The normalized spacial score (nSPS) is 20.8. The van der Waals surface area contributed by atoms with E-state index in [4.69, 9.17) is 5.73 Å². The first-order valence-electron chi connectivity index (χ1n) is 5.13. The first-order chi connectivity index (χ1) is 6.70. The zero-order valence-electron chi connectivity index (χ0n) is 8.85. The Morgan fingerprint density at radius 2 is 2.36 bits per heavy atom. The van der Waals surface area contributed by atoms with Crippen LogP contribution in [0.5, 0.6) is 0 Å². The molecular formula is C10H18N4. The molecule has 0 amide bonds. The van der Waals surface area contributed by atoms with Gasteiger partial charge in [-0.2, -0.15) is 5.10 Å². The monoisotopic (exact) mass is 194 g/mol. The molecule has 1 fully saturated rings. The predicted molar refractivity (Wildman–Crippen MR) is 56.2 cm³/mol. The summed E-state index contributed by atoms with van der Waals surface area (Å²) in [6.45, 7) is 5.04. The van der Waals surface area contributed by atoms with Gasteiger partial charge in [-0.15, -0.1) is 0 Å². The fraction of sp³-hybridized carbons (Fsp3) is 0.700. The van der Waals surface area contributed by atoms with Crippen molar-refractivity contribution in [2.24, 2.45) is 5.73 Å². The van der Waals surface area contributed by atoms with Crippen LogP contribution < -0.4 is 5.73 Å². The Kier molecular flexibility index (Phi) is 2.56. The lowest BCUT2D eigenvalue weighted by atomic mass is 10.1. The van der Waals surface area contributed by atoms with Gasteiger partial charge in [0.1, 0.15) is 0 Å². The van der Waals surface area contributed by atoms with Crippen LogP contribution in [-0.2, 0) is 0 Å². The third kappa shape index (κ3) is 1.67. The molecule has 1 atom stereocenters. The zero-order valence-corrected chi connectivity index (χ0v) is 8.85. The molecule has 0 spiro atoms. The average Bonchev–Trinajstić information content (AvgIpc) is 2.60. The first-order valence-corrected chi connectivity index (χ1v) is 5.13. The number of nitrogens with zero attached hydrogens (tertiary/aromatic N) is 3. The van der Waals surface area contributed by atoms with Crippen LogP contribution >= 0.6 is 0 Å². The summed E-state index contributed by atoms with van der Waals surface area (Å²) in [6, 6.07) is 0.568.